The minimum atomic E-state index is -0.701. The number of methoxy groups -OCH3 is 1. The van der Waals surface area contributed by atoms with Crippen LogP contribution in [0.5, 0.6) is 0 Å². The van der Waals surface area contributed by atoms with E-state index in [2.05, 4.69) is 10.4 Å². The number of aromatic nitrogens is 4. The van der Waals surface area contributed by atoms with Crippen LogP contribution in [0.2, 0.25) is 0 Å². The van der Waals surface area contributed by atoms with Gasteiger partial charge >= 0.3 is 6.09 Å². The summed E-state index contributed by atoms with van der Waals surface area (Å²) in [5.74, 6) is -0.471. The van der Waals surface area contributed by atoms with Crippen LogP contribution in [0.25, 0.3) is 16.8 Å². The van der Waals surface area contributed by atoms with Gasteiger partial charge in [0.1, 0.15) is 22.8 Å². The molecular formula is C36H41FN6O5. The molecule has 1 N–H and O–H groups in total. The van der Waals surface area contributed by atoms with E-state index in [1.165, 1.54) is 23.1 Å². The van der Waals surface area contributed by atoms with Crippen LogP contribution in [0.1, 0.15) is 85.7 Å². The van der Waals surface area contributed by atoms with E-state index in [4.69, 9.17) is 14.5 Å². The summed E-state index contributed by atoms with van der Waals surface area (Å²) >= 11 is 0. The zero-order valence-electron chi connectivity index (χ0n) is 28.0. The highest BCUT2D eigenvalue weighted by atomic mass is 19.1. The van der Waals surface area contributed by atoms with E-state index in [0.717, 1.165) is 48.2 Å². The van der Waals surface area contributed by atoms with Gasteiger partial charge in [-0.15, -0.1) is 0 Å². The molecule has 6 rings (SSSR count). The highest BCUT2D eigenvalue weighted by Gasteiger charge is 2.30. The Morgan fingerprint density at radius 1 is 1.08 bits per heavy atom. The second-order valence-electron chi connectivity index (χ2n) is 13.5. The molecule has 0 unspecified atom stereocenters. The zero-order valence-corrected chi connectivity index (χ0v) is 28.0. The maximum Gasteiger partial charge on any atom is 0.410 e. The summed E-state index contributed by atoms with van der Waals surface area (Å²) in [5.41, 5.74) is 3.12. The molecule has 12 heteroatoms. The van der Waals surface area contributed by atoms with Gasteiger partial charge in [-0.25, -0.2) is 18.9 Å². The van der Waals surface area contributed by atoms with E-state index in [1.807, 2.05) is 19.1 Å². The van der Waals surface area contributed by atoms with E-state index in [0.29, 0.717) is 11.3 Å². The minimum Gasteiger partial charge on any atom is -0.444 e. The Kier molecular flexibility index (Phi) is 9.20. The van der Waals surface area contributed by atoms with Gasteiger partial charge in [0.15, 0.2) is 0 Å². The van der Waals surface area contributed by atoms with Crippen LogP contribution in [0.15, 0.2) is 59.7 Å². The predicted molar refractivity (Wildman–Crippen MR) is 179 cm³/mol. The molecule has 2 aliphatic rings. The summed E-state index contributed by atoms with van der Waals surface area (Å²) in [5, 5.41) is 7.27. The van der Waals surface area contributed by atoms with Gasteiger partial charge in [0.05, 0.1) is 18.8 Å². The Balaban J connectivity index is 1.34. The van der Waals surface area contributed by atoms with Crippen LogP contribution in [0.3, 0.4) is 0 Å². The lowest BCUT2D eigenvalue weighted by Gasteiger charge is -2.27. The van der Waals surface area contributed by atoms with Crippen molar-refractivity contribution in [2.75, 3.05) is 25.6 Å². The van der Waals surface area contributed by atoms with Gasteiger partial charge in [0.25, 0.3) is 11.5 Å². The summed E-state index contributed by atoms with van der Waals surface area (Å²) in [6, 6.07) is 11.6. The first kappa shape index (κ1) is 33.1. The Morgan fingerprint density at radius 2 is 1.85 bits per heavy atom. The molecule has 2 aliphatic carbocycles. The average molecular weight is 657 g/mol. The lowest BCUT2D eigenvalue weighted by Crippen LogP contribution is -2.39. The lowest BCUT2D eigenvalue weighted by molar-refractivity contribution is 0.0183. The molecule has 0 atom stereocenters. The van der Waals surface area contributed by atoms with Crippen LogP contribution >= 0.6 is 0 Å². The molecule has 2 amide bonds. The molecule has 1 aromatic carbocycles. The van der Waals surface area contributed by atoms with Crippen LogP contribution in [0.4, 0.5) is 15.0 Å². The van der Waals surface area contributed by atoms with Gasteiger partial charge < -0.3 is 24.3 Å². The molecule has 3 heterocycles. The highest BCUT2D eigenvalue weighted by molar-refractivity contribution is 6.04. The highest BCUT2D eigenvalue weighted by Crippen LogP contribution is 2.41. The van der Waals surface area contributed by atoms with Gasteiger partial charge in [0.2, 0.25) is 0 Å². The van der Waals surface area contributed by atoms with Crippen LogP contribution in [-0.2, 0) is 16.0 Å². The Labute approximate surface area is 278 Å². The van der Waals surface area contributed by atoms with Crippen LogP contribution in [0, 0.1) is 12.7 Å². The maximum atomic E-state index is 14.5. The van der Waals surface area contributed by atoms with Gasteiger partial charge in [-0.2, -0.15) is 5.10 Å². The normalized spacial score (nSPS) is 14.5. The number of aryl methyl sites for hydroxylation is 1. The topological polar surface area (TPSA) is 121 Å². The summed E-state index contributed by atoms with van der Waals surface area (Å²) in [4.78, 5) is 46.9. The molecule has 4 aromatic rings. The third kappa shape index (κ3) is 7.65. The molecule has 2 fully saturated rings. The van der Waals surface area contributed by atoms with Crippen LogP contribution < -0.4 is 10.9 Å². The largest absolute Gasteiger partial charge is 0.444 e. The molecule has 3 aromatic heterocycles. The SMILES string of the molecule is COCCN(Cc1cc(C(=O)Nc2cc(-c3ccc(F)cc3-n3nccc3C)cc(C3CC3)n2)c(=O)n(C2CC2)c1)C(=O)OC(C)(C)C. The molecule has 11 nitrogen and oxygen atoms in total. The Bertz CT molecular complexity index is 1900. The number of carbonyl (C=O) groups excluding carboxylic acids is 2. The summed E-state index contributed by atoms with van der Waals surface area (Å²) < 4.78 is 28.6. The van der Waals surface area contributed by atoms with Crippen molar-refractivity contribution in [1.29, 1.82) is 0 Å². The van der Waals surface area contributed by atoms with E-state index >= 15 is 0 Å². The van der Waals surface area contributed by atoms with Gasteiger partial charge in [-0.05, 0) is 101 Å². The Hall–Kier alpha value is -4.84. The predicted octanol–water partition coefficient (Wildman–Crippen LogP) is 6.39. The standard InChI is InChI=1S/C36H41FN6O5/c1-22-12-13-38-43(22)31-19-26(37)8-11-28(31)25-17-30(24-6-7-24)39-32(18-25)40-33(44)29-16-23(21-42(34(29)45)27-9-10-27)20-41(14-15-47-5)35(46)48-36(2,3)4/h8,11-13,16-19,21,24,27H,6-7,9-10,14-15,20H2,1-5H3,(H,39,40,44). The molecule has 252 valence electrons. The second-order valence-corrected chi connectivity index (χ2v) is 13.5. The number of hydrogen-bond acceptors (Lipinski definition) is 7. The number of anilines is 1. The van der Waals surface area contributed by atoms with E-state index in [1.54, 1.807) is 61.7 Å². The van der Waals surface area contributed by atoms with Crippen molar-refractivity contribution in [2.24, 2.45) is 0 Å². The number of hydrogen-bond donors (Lipinski definition) is 1. The fourth-order valence-electron chi connectivity index (χ4n) is 5.61. The third-order valence-electron chi connectivity index (χ3n) is 8.29. The van der Waals surface area contributed by atoms with E-state index in [-0.39, 0.29) is 43.0 Å². The third-order valence-corrected chi connectivity index (χ3v) is 8.29. The zero-order chi connectivity index (χ0) is 34.2. The number of nitrogens with zero attached hydrogens (tertiary/aromatic N) is 5. The number of rotatable bonds is 11. The van der Waals surface area contributed by atoms with E-state index in [9.17, 15) is 18.8 Å². The van der Waals surface area contributed by atoms with Crippen molar-refractivity contribution in [1.82, 2.24) is 24.2 Å². The molecule has 0 aliphatic heterocycles. The minimum absolute atomic E-state index is 0.0106. The molecule has 2 saturated carbocycles. The molecule has 0 radical (unpaired) electrons. The number of carbonyl (C=O) groups is 2. The van der Waals surface area contributed by atoms with Gasteiger partial charge in [-0.1, -0.05) is 0 Å². The molecular weight excluding hydrogens is 615 g/mol. The monoisotopic (exact) mass is 656 g/mol. The average Bonchev–Trinajstić information content (AvgIpc) is 3.96. The van der Waals surface area contributed by atoms with Gasteiger partial charge in [0, 0.05) is 61.0 Å². The fraction of sp³-hybridized carbons (Fsp3) is 0.417. The number of halogens is 1. The number of nitrogens with one attached hydrogen (secondary N) is 1. The quantitative estimate of drug-likeness (QED) is 0.199. The molecule has 0 saturated heterocycles. The first-order valence-electron chi connectivity index (χ1n) is 16.3. The molecule has 0 bridgehead atoms. The van der Waals surface area contributed by atoms with E-state index < -0.39 is 29.0 Å². The Morgan fingerprint density at radius 3 is 2.50 bits per heavy atom. The summed E-state index contributed by atoms with van der Waals surface area (Å²) in [7, 11) is 1.55. The first-order valence-corrected chi connectivity index (χ1v) is 16.3. The summed E-state index contributed by atoms with van der Waals surface area (Å²) in [6.45, 7) is 7.94. The van der Waals surface area contributed by atoms with Crippen molar-refractivity contribution in [3.63, 3.8) is 0 Å². The second kappa shape index (κ2) is 13.3. The first-order chi connectivity index (χ1) is 22.9. The van der Waals surface area contributed by atoms with Crippen molar-refractivity contribution in [3.05, 3.63) is 93.5 Å². The van der Waals surface area contributed by atoms with Crippen LogP contribution in [-0.4, -0.2) is 62.1 Å². The van der Waals surface area contributed by atoms with Crippen molar-refractivity contribution >= 4 is 17.8 Å². The van der Waals surface area contributed by atoms with Gasteiger partial charge in [-0.3, -0.25) is 9.59 Å². The maximum absolute atomic E-state index is 14.5. The molecule has 48 heavy (non-hydrogen) atoms. The fourth-order valence-corrected chi connectivity index (χ4v) is 5.61. The number of benzene rings is 1. The lowest BCUT2D eigenvalue weighted by atomic mass is 10.0. The molecule has 0 spiro atoms. The van der Waals surface area contributed by atoms with Crippen molar-refractivity contribution in [3.8, 4) is 16.8 Å². The van der Waals surface area contributed by atoms with Crippen molar-refractivity contribution in [2.45, 2.75) is 77.5 Å². The number of pyridine rings is 2. The smallest absolute Gasteiger partial charge is 0.410 e. The van der Waals surface area contributed by atoms with Crippen molar-refractivity contribution < 1.29 is 23.5 Å². The summed E-state index contributed by atoms with van der Waals surface area (Å²) in [6.07, 6.45) is 6.46. The number of amides is 2. The number of ether oxygens (including phenoxy) is 2.